The Balaban J connectivity index is 1.72. The second-order valence-corrected chi connectivity index (χ2v) is 6.71. The highest BCUT2D eigenvalue weighted by Gasteiger charge is 2.57. The van der Waals surface area contributed by atoms with Crippen molar-refractivity contribution in [3.63, 3.8) is 0 Å². The number of aryl methyl sites for hydroxylation is 2. The van der Waals surface area contributed by atoms with Gasteiger partial charge in [-0.2, -0.15) is 18.3 Å². The summed E-state index contributed by atoms with van der Waals surface area (Å²) in [7, 11) is 1.89. The normalized spacial score (nSPS) is 26.0. The molecule has 1 spiro atoms. The molecular weight excluding hydrogens is 279 g/mol. The highest BCUT2D eigenvalue weighted by molar-refractivity contribution is 5.09. The minimum atomic E-state index is -4.05. The van der Waals surface area contributed by atoms with Crippen molar-refractivity contribution >= 4 is 0 Å². The molecule has 0 aromatic carbocycles. The zero-order chi connectivity index (χ0) is 15.3. The monoisotopic (exact) mass is 301 g/mol. The number of piperidine rings is 1. The summed E-state index contributed by atoms with van der Waals surface area (Å²) in [6, 6.07) is 2.02. The summed E-state index contributed by atoms with van der Waals surface area (Å²) in [6.07, 6.45) is -1.43. The lowest BCUT2D eigenvalue weighted by molar-refractivity contribution is -0.238. The van der Waals surface area contributed by atoms with E-state index in [1.807, 2.05) is 24.7 Å². The molecule has 1 aromatic rings. The quantitative estimate of drug-likeness (QED) is 0.836. The van der Waals surface area contributed by atoms with E-state index in [0.29, 0.717) is 19.6 Å². The SMILES string of the molecule is Cc1cc(CN2CCC(C(F)(F)F)C3(CCC3)C2)n(C)n1. The van der Waals surface area contributed by atoms with Crippen LogP contribution in [0.2, 0.25) is 0 Å². The van der Waals surface area contributed by atoms with E-state index in [1.54, 1.807) is 0 Å². The zero-order valence-corrected chi connectivity index (χ0v) is 12.6. The van der Waals surface area contributed by atoms with Gasteiger partial charge < -0.3 is 0 Å². The topological polar surface area (TPSA) is 21.1 Å². The third-order valence-electron chi connectivity index (χ3n) is 5.24. The maximum absolute atomic E-state index is 13.2. The minimum absolute atomic E-state index is 0.236. The molecule has 0 amide bonds. The van der Waals surface area contributed by atoms with Gasteiger partial charge in [0.15, 0.2) is 0 Å². The van der Waals surface area contributed by atoms with Gasteiger partial charge in [0.1, 0.15) is 0 Å². The zero-order valence-electron chi connectivity index (χ0n) is 12.6. The van der Waals surface area contributed by atoms with Crippen LogP contribution in [0.3, 0.4) is 0 Å². The Labute approximate surface area is 123 Å². The predicted octanol–water partition coefficient (Wildman–Crippen LogP) is 3.28. The van der Waals surface area contributed by atoms with Crippen molar-refractivity contribution in [2.45, 2.75) is 45.3 Å². The van der Waals surface area contributed by atoms with Gasteiger partial charge in [0.25, 0.3) is 0 Å². The molecular formula is C15H22F3N3. The summed E-state index contributed by atoms with van der Waals surface area (Å²) in [5, 5.41) is 4.31. The summed E-state index contributed by atoms with van der Waals surface area (Å²) in [5.41, 5.74) is 1.51. The molecule has 2 fully saturated rings. The van der Waals surface area contributed by atoms with Crippen LogP contribution in [0.15, 0.2) is 6.07 Å². The van der Waals surface area contributed by atoms with Gasteiger partial charge in [0.2, 0.25) is 0 Å². The number of nitrogens with zero attached hydrogens (tertiary/aromatic N) is 3. The van der Waals surface area contributed by atoms with Crippen LogP contribution < -0.4 is 0 Å². The van der Waals surface area contributed by atoms with Gasteiger partial charge in [-0.05, 0) is 44.2 Å². The van der Waals surface area contributed by atoms with Crippen LogP contribution in [0.5, 0.6) is 0 Å². The number of aromatic nitrogens is 2. The predicted molar refractivity (Wildman–Crippen MR) is 73.7 cm³/mol. The van der Waals surface area contributed by atoms with E-state index in [0.717, 1.165) is 30.7 Å². The van der Waals surface area contributed by atoms with Crippen molar-refractivity contribution in [3.05, 3.63) is 17.5 Å². The Morgan fingerprint density at radius 3 is 2.57 bits per heavy atom. The van der Waals surface area contributed by atoms with Crippen molar-refractivity contribution in [2.24, 2.45) is 18.4 Å². The molecule has 118 valence electrons. The lowest BCUT2D eigenvalue weighted by Crippen LogP contribution is -2.56. The fraction of sp³-hybridized carbons (Fsp3) is 0.800. The molecule has 0 radical (unpaired) electrons. The molecule has 3 rings (SSSR count). The Morgan fingerprint density at radius 1 is 1.38 bits per heavy atom. The summed E-state index contributed by atoms with van der Waals surface area (Å²) in [4.78, 5) is 2.18. The standard InChI is InChI=1S/C15H22F3N3/c1-11-8-12(20(2)19-11)9-21-7-4-13(15(16,17)18)14(10-21)5-3-6-14/h8,13H,3-7,9-10H2,1-2H3. The Hall–Kier alpha value is -1.04. The van der Waals surface area contributed by atoms with Gasteiger partial charge in [-0.1, -0.05) is 6.42 Å². The van der Waals surface area contributed by atoms with Crippen LogP contribution in [-0.4, -0.2) is 33.9 Å². The number of halogens is 3. The number of hydrogen-bond acceptors (Lipinski definition) is 2. The van der Waals surface area contributed by atoms with Crippen LogP contribution in [0, 0.1) is 18.3 Å². The van der Waals surface area contributed by atoms with Crippen molar-refractivity contribution in [1.82, 2.24) is 14.7 Å². The second kappa shape index (κ2) is 5.00. The highest BCUT2D eigenvalue weighted by Crippen LogP contribution is 2.56. The molecule has 1 atom stereocenters. The molecule has 2 aliphatic rings. The first-order valence-electron chi connectivity index (χ1n) is 7.59. The van der Waals surface area contributed by atoms with Crippen LogP contribution in [0.4, 0.5) is 13.2 Å². The molecule has 1 aliphatic carbocycles. The smallest absolute Gasteiger partial charge is 0.297 e. The summed E-state index contributed by atoms with van der Waals surface area (Å²) in [6.45, 7) is 3.73. The molecule has 2 heterocycles. The molecule has 0 N–H and O–H groups in total. The first kappa shape index (κ1) is 14.9. The van der Waals surface area contributed by atoms with E-state index in [4.69, 9.17) is 0 Å². The van der Waals surface area contributed by atoms with E-state index in [-0.39, 0.29) is 6.42 Å². The lowest BCUT2D eigenvalue weighted by Gasteiger charge is -2.54. The van der Waals surface area contributed by atoms with Gasteiger partial charge in [-0.15, -0.1) is 0 Å². The first-order valence-corrected chi connectivity index (χ1v) is 7.59. The summed E-state index contributed by atoms with van der Waals surface area (Å²) in [5.74, 6) is -1.11. The second-order valence-electron chi connectivity index (χ2n) is 6.71. The number of hydrogen-bond donors (Lipinski definition) is 0. The van der Waals surface area contributed by atoms with Crippen LogP contribution in [0.25, 0.3) is 0 Å². The van der Waals surface area contributed by atoms with E-state index >= 15 is 0 Å². The Kier molecular flexibility index (Phi) is 3.55. The fourth-order valence-electron chi connectivity index (χ4n) is 4.08. The van der Waals surface area contributed by atoms with Crippen molar-refractivity contribution in [2.75, 3.05) is 13.1 Å². The van der Waals surface area contributed by atoms with Gasteiger partial charge >= 0.3 is 6.18 Å². The van der Waals surface area contributed by atoms with Crippen molar-refractivity contribution in [3.8, 4) is 0 Å². The van der Waals surface area contributed by atoms with Gasteiger partial charge in [-0.25, -0.2) is 0 Å². The molecule has 1 aromatic heterocycles. The third kappa shape index (κ3) is 2.70. The lowest BCUT2D eigenvalue weighted by atomic mass is 9.58. The molecule has 6 heteroatoms. The van der Waals surface area contributed by atoms with Crippen molar-refractivity contribution in [1.29, 1.82) is 0 Å². The molecule has 3 nitrogen and oxygen atoms in total. The Morgan fingerprint density at radius 2 is 2.10 bits per heavy atom. The van der Waals surface area contributed by atoms with Gasteiger partial charge in [0.05, 0.1) is 17.3 Å². The maximum atomic E-state index is 13.2. The number of rotatable bonds is 2. The average Bonchev–Trinajstić information content (AvgIpc) is 2.64. The van der Waals surface area contributed by atoms with Crippen LogP contribution >= 0.6 is 0 Å². The summed E-state index contributed by atoms with van der Waals surface area (Å²) >= 11 is 0. The van der Waals surface area contributed by atoms with Gasteiger partial charge in [0, 0.05) is 20.1 Å². The van der Waals surface area contributed by atoms with Gasteiger partial charge in [-0.3, -0.25) is 9.58 Å². The fourth-order valence-corrected chi connectivity index (χ4v) is 4.08. The minimum Gasteiger partial charge on any atom is -0.297 e. The van der Waals surface area contributed by atoms with E-state index < -0.39 is 17.5 Å². The highest BCUT2D eigenvalue weighted by atomic mass is 19.4. The van der Waals surface area contributed by atoms with Crippen molar-refractivity contribution < 1.29 is 13.2 Å². The number of alkyl halides is 3. The van der Waals surface area contributed by atoms with E-state index in [1.165, 1.54) is 0 Å². The number of likely N-dealkylation sites (tertiary alicyclic amines) is 1. The first-order chi connectivity index (χ1) is 9.80. The molecule has 21 heavy (non-hydrogen) atoms. The van der Waals surface area contributed by atoms with E-state index in [9.17, 15) is 13.2 Å². The largest absolute Gasteiger partial charge is 0.392 e. The Bertz CT molecular complexity index is 517. The van der Waals surface area contributed by atoms with Crippen LogP contribution in [-0.2, 0) is 13.6 Å². The molecule has 1 saturated heterocycles. The summed E-state index contributed by atoms with van der Waals surface area (Å²) < 4.78 is 41.6. The van der Waals surface area contributed by atoms with Crippen LogP contribution in [0.1, 0.15) is 37.1 Å². The average molecular weight is 301 g/mol. The molecule has 0 bridgehead atoms. The van der Waals surface area contributed by atoms with E-state index in [2.05, 4.69) is 10.00 Å². The molecule has 1 saturated carbocycles. The maximum Gasteiger partial charge on any atom is 0.392 e. The molecule has 1 unspecified atom stereocenters. The third-order valence-corrected chi connectivity index (χ3v) is 5.24. The molecule has 1 aliphatic heterocycles.